The van der Waals surface area contributed by atoms with E-state index in [-0.39, 0.29) is 34.4 Å². The van der Waals surface area contributed by atoms with E-state index in [9.17, 15) is 28.8 Å². The van der Waals surface area contributed by atoms with Crippen LogP contribution in [0.2, 0.25) is 0 Å². The van der Waals surface area contributed by atoms with E-state index in [2.05, 4.69) is 91.7 Å². The molecule has 29 heteroatoms. The van der Waals surface area contributed by atoms with Crippen molar-refractivity contribution < 1.29 is 19.1 Å². The number of carbonyl (C=O) groups is 3. The Morgan fingerprint density at radius 2 is 0.808 bits per heavy atom. The van der Waals surface area contributed by atoms with Crippen molar-refractivity contribution in [2.24, 2.45) is 12.8 Å². The van der Waals surface area contributed by atoms with E-state index in [1.54, 1.807) is 211 Å². The highest BCUT2D eigenvalue weighted by molar-refractivity contribution is 6.03. The highest BCUT2D eigenvalue weighted by Gasteiger charge is 2.29. The molecule has 6 aromatic carbocycles. The molecule has 0 saturated heterocycles. The Morgan fingerprint density at radius 3 is 1.14 bits per heavy atom. The fourth-order valence-electron chi connectivity index (χ4n) is 13.7. The predicted molar refractivity (Wildman–Crippen MR) is 454 cm³/mol. The summed E-state index contributed by atoms with van der Waals surface area (Å²) >= 11 is 0. The first kappa shape index (κ1) is 79.1. The van der Waals surface area contributed by atoms with Crippen LogP contribution in [-0.2, 0) is 7.05 Å². The van der Waals surface area contributed by atoms with Gasteiger partial charge in [-0.2, -0.15) is 15.3 Å². The molecule has 11 heterocycles. The molecule has 11 aromatic heterocycles. The van der Waals surface area contributed by atoms with Crippen molar-refractivity contribution in [3.63, 3.8) is 0 Å². The lowest BCUT2D eigenvalue weighted by molar-refractivity contribution is 0.0930. The van der Waals surface area contributed by atoms with Crippen molar-refractivity contribution in [3.05, 3.63) is 342 Å². The molecule has 0 radical (unpaired) electrons. The van der Waals surface area contributed by atoms with Crippen LogP contribution in [0.1, 0.15) is 146 Å². The largest absolute Gasteiger partial charge is 0.481 e. The van der Waals surface area contributed by atoms with Gasteiger partial charge >= 0.3 is 0 Å². The van der Waals surface area contributed by atoms with Crippen LogP contribution >= 0.6 is 0 Å². The van der Waals surface area contributed by atoms with Crippen molar-refractivity contribution in [1.82, 2.24) is 103 Å². The summed E-state index contributed by atoms with van der Waals surface area (Å²) in [6, 6.07) is 50.6. The molecule has 0 unspecified atom stereocenters. The first-order valence-electron chi connectivity index (χ1n) is 38.0. The monoisotopic (exact) mass is 1590 g/mol. The van der Waals surface area contributed by atoms with Gasteiger partial charge in [-0.1, -0.05) is 102 Å². The molecule has 3 atom stereocenters. The molecule has 3 amide bonds. The number of hydrogen-bond acceptors (Lipinski definition) is 19. The molecule has 120 heavy (non-hydrogen) atoms. The molecule has 0 fully saturated rings. The molecule has 5 N–H and O–H groups in total. The molecule has 0 saturated carbocycles. The second-order valence-electron chi connectivity index (χ2n) is 28.5. The number of benzene rings is 6. The van der Waals surface area contributed by atoms with Crippen LogP contribution in [0.25, 0.3) is 66.7 Å². The minimum Gasteiger partial charge on any atom is -0.481 e. The lowest BCUT2D eigenvalue weighted by Gasteiger charge is -2.20. The van der Waals surface area contributed by atoms with Gasteiger partial charge in [0.1, 0.15) is 39.9 Å². The minimum absolute atomic E-state index is 0.281. The number of nitrogens with zero attached hydrogens (tertiary/aromatic N) is 18. The number of methoxy groups -OCH3 is 1. The number of pyridine rings is 1. The highest BCUT2D eigenvalue weighted by Crippen LogP contribution is 2.27. The average Bonchev–Trinajstić information content (AvgIpc) is 0.944. The number of fused-ring (bicyclic) bond motifs is 6. The number of amides is 3. The maximum absolute atomic E-state index is 14.2. The summed E-state index contributed by atoms with van der Waals surface area (Å²) in [6.07, 6.45) is 15.0. The normalized spacial score (nSPS) is 11.9. The number of nitrogens with two attached hydrogens (primary N) is 1. The van der Waals surface area contributed by atoms with Gasteiger partial charge in [-0.15, -0.1) is 0 Å². The molecule has 17 aromatic rings. The molecule has 17 rings (SSSR count). The Hall–Kier alpha value is -16.2. The van der Waals surface area contributed by atoms with E-state index in [4.69, 9.17) is 25.4 Å². The van der Waals surface area contributed by atoms with E-state index in [1.807, 2.05) is 109 Å². The van der Waals surface area contributed by atoms with Crippen molar-refractivity contribution in [1.29, 1.82) is 0 Å². The van der Waals surface area contributed by atoms with Gasteiger partial charge in [-0.25, -0.2) is 53.4 Å². The number of aryl methyl sites for hydroxylation is 4. The third-order valence-corrected chi connectivity index (χ3v) is 19.4. The SMILES string of the molecule is COc1ccc(C#Cc2cccc3nc([C@H](C)NC(=O)c4c(C)nn5cccnc45)n(-c4ccccc4)c(=O)c23)cn1.Cc1nn2cccnc2c1C(=O)N[C@@H](C)c1nc2cccc(C#CC(C)(C)N)c2c(=O)n1-c1ccccc1.Cc1nn2cccnc2c1C(=O)N[C@@H](C)c1nc2cccc(C#Cc3cncn3C)c2c(=O)n1-c1ccccc1. The first-order valence-corrected chi connectivity index (χ1v) is 38.0. The third-order valence-electron chi connectivity index (χ3n) is 19.4. The lowest BCUT2D eigenvalue weighted by atomic mass is 10.1. The van der Waals surface area contributed by atoms with Crippen LogP contribution in [0.5, 0.6) is 5.88 Å². The van der Waals surface area contributed by atoms with Crippen molar-refractivity contribution >= 4 is 67.4 Å². The number of rotatable bonds is 13. The number of hydrogen-bond donors (Lipinski definition) is 4. The number of carbonyl (C=O) groups excluding carboxylic acids is 3. The van der Waals surface area contributed by atoms with Crippen LogP contribution < -0.4 is 43.1 Å². The topological polar surface area (TPSA) is 348 Å². The predicted octanol–water partition coefficient (Wildman–Crippen LogP) is 10.7. The van der Waals surface area contributed by atoms with Gasteiger partial charge in [0.15, 0.2) is 16.9 Å². The zero-order chi connectivity index (χ0) is 84.0. The van der Waals surface area contributed by atoms with Crippen molar-refractivity contribution in [3.8, 4) is 58.5 Å². The van der Waals surface area contributed by atoms with Crippen LogP contribution in [0.4, 0.5) is 0 Å². The summed E-state index contributed by atoms with van der Waals surface area (Å²) in [7, 11) is 3.41. The fraction of sp³-hybridized carbons (Fsp3) is 0.154. The zero-order valence-electron chi connectivity index (χ0n) is 66.7. The van der Waals surface area contributed by atoms with Crippen molar-refractivity contribution in [2.45, 2.75) is 79.1 Å². The molecule has 0 aliphatic heterocycles. The van der Waals surface area contributed by atoms with Gasteiger partial charge in [0.25, 0.3) is 34.4 Å². The van der Waals surface area contributed by atoms with Crippen LogP contribution in [0.3, 0.4) is 0 Å². The average molecular weight is 1590 g/mol. The standard InChI is InChI=1S/C32H25N7O3.C30H24N8O2.C29H27N7O2/c1-20-27(30-33-17-8-18-38(30)37-20)31(40)35-21(2)29-36-25-12-7-9-23(15-13-22-14-16-26(42-3)34-19-22)28(25)32(41)39(29)24-10-5-4-6-11-24;1-19-25(28-32-15-8-16-37(28)35-19)29(39)33-20(2)27-34-24-12-7-9-21(13-14-23-17-31-18-36(23)3)26(24)30(40)38(27)22-10-5-4-6-11-22;1-18-23(26-31-16-9-17-35(26)34-18)27(37)32-19(2)25-33-22-13-8-10-20(14-15-29(3,4)30)24(22)28(38)36(25)21-11-6-5-7-12-21/h4-12,14,16-19,21H,1-3H3,(H,35,40);4-12,15-18,20H,1-3H3,(H,33,39);5-13,16-17,19H,30H2,1-4H3,(H,32,37)/t21-;20-;19-/m000/s1. The second-order valence-corrected chi connectivity index (χ2v) is 28.5. The van der Waals surface area contributed by atoms with E-state index >= 15 is 0 Å². The summed E-state index contributed by atoms with van der Waals surface area (Å²) in [5, 5.41) is 23.3. The van der Waals surface area contributed by atoms with E-state index in [0.717, 1.165) is 5.69 Å². The molecular formula is C91H76N22O7. The van der Waals surface area contributed by atoms with Crippen LogP contribution in [0.15, 0.2) is 246 Å². The quantitative estimate of drug-likeness (QED) is 0.0779. The van der Waals surface area contributed by atoms with Gasteiger partial charge in [-0.3, -0.25) is 42.5 Å². The summed E-state index contributed by atoms with van der Waals surface area (Å²) in [5.74, 6) is 19.0. The van der Waals surface area contributed by atoms with Crippen molar-refractivity contribution in [2.75, 3.05) is 7.11 Å². The minimum atomic E-state index is -0.724. The van der Waals surface area contributed by atoms with Gasteiger partial charge < -0.3 is 31.0 Å². The van der Waals surface area contributed by atoms with Gasteiger partial charge in [0.05, 0.1) is 110 Å². The Morgan fingerprint density at radius 1 is 0.442 bits per heavy atom. The Kier molecular flexibility index (Phi) is 22.2. The Labute approximate surface area is 685 Å². The van der Waals surface area contributed by atoms with Crippen LogP contribution in [0, 0.1) is 56.3 Å². The highest BCUT2D eigenvalue weighted by atomic mass is 16.5. The summed E-state index contributed by atoms with van der Waals surface area (Å²) in [6.45, 7) is 14.3. The lowest BCUT2D eigenvalue weighted by Crippen LogP contribution is -2.33. The fourth-order valence-corrected chi connectivity index (χ4v) is 13.7. The third kappa shape index (κ3) is 16.2. The van der Waals surface area contributed by atoms with Gasteiger partial charge in [0.2, 0.25) is 5.88 Å². The summed E-state index contributed by atoms with van der Waals surface area (Å²) < 4.78 is 16.2. The van der Waals surface area contributed by atoms with Gasteiger partial charge in [-0.05, 0) is 158 Å². The van der Waals surface area contributed by atoms with E-state index in [1.165, 1.54) is 13.7 Å². The molecular weight excluding hydrogens is 1510 g/mol. The Balaban J connectivity index is 0.000000140. The number of nitrogens with one attached hydrogen (secondary N) is 3. The molecule has 29 nitrogen and oxygen atoms in total. The molecule has 592 valence electrons. The Bertz CT molecular complexity index is 7270. The molecule has 0 spiro atoms. The van der Waals surface area contributed by atoms with E-state index in [0.29, 0.717) is 146 Å². The maximum Gasteiger partial charge on any atom is 0.267 e. The van der Waals surface area contributed by atoms with Crippen LogP contribution in [-0.4, -0.2) is 117 Å². The maximum atomic E-state index is 14.2. The smallest absolute Gasteiger partial charge is 0.267 e. The number of ether oxygens (including phenoxy) is 1. The number of aromatic nitrogens is 18. The molecule has 0 bridgehead atoms. The second kappa shape index (κ2) is 33.7. The summed E-state index contributed by atoms with van der Waals surface area (Å²) in [4.78, 5) is 119. The first-order chi connectivity index (χ1) is 58.0. The van der Waals surface area contributed by atoms with E-state index < -0.39 is 23.7 Å². The van der Waals surface area contributed by atoms with Gasteiger partial charge in [0, 0.05) is 78.7 Å². The number of imidazole rings is 1. The summed E-state index contributed by atoms with van der Waals surface area (Å²) in [5.41, 5.74) is 14.9. The zero-order valence-corrected chi connectivity index (χ0v) is 66.7. The number of para-hydroxylation sites is 3. The molecule has 0 aliphatic carbocycles. The molecule has 0 aliphatic rings.